The summed E-state index contributed by atoms with van der Waals surface area (Å²) < 4.78 is 5.31. The summed E-state index contributed by atoms with van der Waals surface area (Å²) in [4.78, 5) is 4.35. The Bertz CT molecular complexity index is 407. The van der Waals surface area contributed by atoms with Gasteiger partial charge in [-0.25, -0.2) is 0 Å². The van der Waals surface area contributed by atoms with Crippen LogP contribution in [0.2, 0.25) is 0 Å². The molecule has 0 aromatic carbocycles. The molecule has 3 nitrogen and oxygen atoms in total. The molecule has 0 amide bonds. The van der Waals surface area contributed by atoms with Crippen LogP contribution < -0.4 is 4.74 Å². The minimum atomic E-state index is -0.741. The van der Waals surface area contributed by atoms with Crippen molar-refractivity contribution in [3.63, 3.8) is 0 Å². The van der Waals surface area contributed by atoms with Gasteiger partial charge in [0.05, 0.1) is 7.11 Å². The number of nitrogens with zero attached hydrogens (tertiary/aromatic N) is 1. The molecule has 1 aromatic rings. The molecule has 3 unspecified atom stereocenters. The third-order valence-electron chi connectivity index (χ3n) is 4.22. The number of methoxy groups -OCH3 is 1. The summed E-state index contributed by atoms with van der Waals surface area (Å²) in [5.41, 5.74) is -0.0000926. The van der Waals surface area contributed by atoms with E-state index in [0.29, 0.717) is 11.8 Å². The van der Waals surface area contributed by atoms with Crippen LogP contribution in [0.5, 0.6) is 5.75 Å². The fourth-order valence-electron chi connectivity index (χ4n) is 3.47. The maximum atomic E-state index is 10.8. The molecule has 1 heterocycles. The number of hydrogen-bond acceptors (Lipinski definition) is 3. The van der Waals surface area contributed by atoms with Gasteiger partial charge in [-0.1, -0.05) is 0 Å². The summed E-state index contributed by atoms with van der Waals surface area (Å²) in [6, 6.07) is 3.73. The molecule has 2 aliphatic carbocycles. The van der Waals surface area contributed by atoms with E-state index >= 15 is 0 Å². The maximum absolute atomic E-state index is 10.8. The second-order valence-electron chi connectivity index (χ2n) is 5.06. The molecule has 3 heteroatoms. The molecule has 86 valence electrons. The highest BCUT2D eigenvalue weighted by atomic mass is 16.5. The lowest BCUT2D eigenvalue weighted by Gasteiger charge is -2.32. The Labute approximate surface area is 95.5 Å². The normalized spacial score (nSPS) is 36.6. The van der Waals surface area contributed by atoms with Gasteiger partial charge in [-0.05, 0) is 49.7 Å². The van der Waals surface area contributed by atoms with E-state index in [9.17, 15) is 5.11 Å². The minimum absolute atomic E-state index is 0.376. The van der Waals surface area contributed by atoms with Crippen molar-refractivity contribution in [3.8, 4) is 5.75 Å². The molecule has 2 bridgehead atoms. The topological polar surface area (TPSA) is 42.4 Å². The molecular weight excluding hydrogens is 202 g/mol. The number of ether oxygens (including phenoxy) is 1. The van der Waals surface area contributed by atoms with Crippen LogP contribution >= 0.6 is 0 Å². The fraction of sp³-hybridized carbons (Fsp3) is 0.615. The van der Waals surface area contributed by atoms with Gasteiger partial charge in [-0.3, -0.25) is 4.98 Å². The summed E-state index contributed by atoms with van der Waals surface area (Å²) in [5.74, 6) is 1.78. The van der Waals surface area contributed by atoms with Gasteiger partial charge < -0.3 is 9.84 Å². The van der Waals surface area contributed by atoms with E-state index in [1.54, 1.807) is 13.3 Å². The maximum Gasteiger partial charge on any atom is 0.143 e. The van der Waals surface area contributed by atoms with Gasteiger partial charge in [0.2, 0.25) is 0 Å². The zero-order valence-corrected chi connectivity index (χ0v) is 9.52. The van der Waals surface area contributed by atoms with E-state index in [-0.39, 0.29) is 0 Å². The molecule has 0 radical (unpaired) electrons. The SMILES string of the molecule is COc1cccnc1C1(O)CC2CCC1C2. The number of fused-ring (bicyclic) bond motifs is 2. The molecule has 3 atom stereocenters. The number of hydrogen-bond donors (Lipinski definition) is 1. The molecule has 2 saturated carbocycles. The van der Waals surface area contributed by atoms with E-state index in [2.05, 4.69) is 4.98 Å². The predicted octanol–water partition coefficient (Wildman–Crippen LogP) is 2.10. The number of aromatic nitrogens is 1. The first kappa shape index (κ1) is 10.1. The van der Waals surface area contributed by atoms with Crippen LogP contribution in [0.1, 0.15) is 31.4 Å². The quantitative estimate of drug-likeness (QED) is 0.828. The average molecular weight is 219 g/mol. The smallest absolute Gasteiger partial charge is 0.143 e. The first-order valence-corrected chi connectivity index (χ1v) is 5.96. The van der Waals surface area contributed by atoms with Crippen LogP contribution in [0.4, 0.5) is 0 Å². The van der Waals surface area contributed by atoms with E-state index in [1.165, 1.54) is 6.42 Å². The molecule has 2 fully saturated rings. The Morgan fingerprint density at radius 3 is 3.00 bits per heavy atom. The third kappa shape index (κ3) is 1.27. The molecule has 0 aliphatic heterocycles. The van der Waals surface area contributed by atoms with Crippen LogP contribution in [0.3, 0.4) is 0 Å². The van der Waals surface area contributed by atoms with Crippen molar-refractivity contribution in [3.05, 3.63) is 24.0 Å². The molecule has 0 spiro atoms. The number of aliphatic hydroxyl groups is 1. The van der Waals surface area contributed by atoms with Crippen LogP contribution in [0.25, 0.3) is 0 Å². The fourth-order valence-corrected chi connectivity index (χ4v) is 3.47. The van der Waals surface area contributed by atoms with E-state index in [4.69, 9.17) is 4.74 Å². The summed E-state index contributed by atoms with van der Waals surface area (Å²) in [5, 5.41) is 10.8. The first-order valence-electron chi connectivity index (χ1n) is 5.96. The average Bonchev–Trinajstić information content (AvgIpc) is 2.89. The molecule has 16 heavy (non-hydrogen) atoms. The summed E-state index contributed by atoms with van der Waals surface area (Å²) in [7, 11) is 1.64. The highest BCUT2D eigenvalue weighted by molar-refractivity contribution is 5.34. The van der Waals surface area contributed by atoms with Crippen LogP contribution in [-0.4, -0.2) is 17.2 Å². The van der Waals surface area contributed by atoms with Gasteiger partial charge in [0, 0.05) is 6.20 Å². The van der Waals surface area contributed by atoms with Crippen LogP contribution in [-0.2, 0) is 5.60 Å². The molecule has 1 aromatic heterocycles. The summed E-state index contributed by atoms with van der Waals surface area (Å²) in [6.07, 6.45) is 6.13. The van der Waals surface area contributed by atoms with Crippen molar-refractivity contribution < 1.29 is 9.84 Å². The molecule has 0 saturated heterocycles. The largest absolute Gasteiger partial charge is 0.495 e. The van der Waals surface area contributed by atoms with Crippen molar-refractivity contribution in [1.29, 1.82) is 0 Å². The number of pyridine rings is 1. The highest BCUT2D eigenvalue weighted by Crippen LogP contribution is 2.56. The predicted molar refractivity (Wildman–Crippen MR) is 60.1 cm³/mol. The van der Waals surface area contributed by atoms with Gasteiger partial charge in [0.1, 0.15) is 17.0 Å². The Kier molecular flexibility index (Phi) is 2.18. The van der Waals surface area contributed by atoms with Crippen molar-refractivity contribution in [2.75, 3.05) is 7.11 Å². The lowest BCUT2D eigenvalue weighted by Crippen LogP contribution is -2.33. The van der Waals surface area contributed by atoms with Gasteiger partial charge in [0.15, 0.2) is 0 Å². The van der Waals surface area contributed by atoms with Crippen molar-refractivity contribution in [2.45, 2.75) is 31.3 Å². The summed E-state index contributed by atoms with van der Waals surface area (Å²) >= 11 is 0. The zero-order valence-electron chi connectivity index (χ0n) is 9.52. The Morgan fingerprint density at radius 2 is 2.38 bits per heavy atom. The molecular formula is C13H17NO2. The van der Waals surface area contributed by atoms with E-state index in [0.717, 1.165) is 30.7 Å². The molecule has 3 rings (SSSR count). The summed E-state index contributed by atoms with van der Waals surface area (Å²) in [6.45, 7) is 0. The van der Waals surface area contributed by atoms with Gasteiger partial charge >= 0.3 is 0 Å². The highest BCUT2D eigenvalue weighted by Gasteiger charge is 2.52. The Hall–Kier alpha value is -1.09. The Balaban J connectivity index is 2.03. The van der Waals surface area contributed by atoms with Crippen molar-refractivity contribution >= 4 is 0 Å². The van der Waals surface area contributed by atoms with Crippen LogP contribution in [0, 0.1) is 11.8 Å². The molecule has 1 N–H and O–H groups in total. The first-order chi connectivity index (χ1) is 7.74. The molecule has 2 aliphatic rings. The number of rotatable bonds is 2. The van der Waals surface area contributed by atoms with Gasteiger partial charge in [-0.15, -0.1) is 0 Å². The minimum Gasteiger partial charge on any atom is -0.495 e. The standard InChI is InChI=1S/C13H17NO2/c1-16-11-3-2-6-14-12(11)13(15)8-9-4-5-10(13)7-9/h2-3,6,9-10,15H,4-5,7-8H2,1H3. The zero-order chi connectivity index (χ0) is 11.2. The third-order valence-corrected chi connectivity index (χ3v) is 4.22. The second kappa shape index (κ2) is 3.45. The van der Waals surface area contributed by atoms with Gasteiger partial charge in [0.25, 0.3) is 0 Å². The Morgan fingerprint density at radius 1 is 1.50 bits per heavy atom. The van der Waals surface area contributed by atoms with Crippen molar-refractivity contribution in [2.24, 2.45) is 11.8 Å². The lowest BCUT2D eigenvalue weighted by atomic mass is 9.81. The second-order valence-corrected chi connectivity index (χ2v) is 5.06. The van der Waals surface area contributed by atoms with Crippen molar-refractivity contribution in [1.82, 2.24) is 4.98 Å². The monoisotopic (exact) mass is 219 g/mol. The lowest BCUT2D eigenvalue weighted by molar-refractivity contribution is -0.0240. The van der Waals surface area contributed by atoms with E-state index in [1.807, 2.05) is 12.1 Å². The van der Waals surface area contributed by atoms with E-state index < -0.39 is 5.60 Å². The van der Waals surface area contributed by atoms with Gasteiger partial charge in [-0.2, -0.15) is 0 Å². The van der Waals surface area contributed by atoms with Crippen LogP contribution in [0.15, 0.2) is 18.3 Å².